The minimum atomic E-state index is -3.90. The van der Waals surface area contributed by atoms with Gasteiger partial charge in [-0.15, -0.1) is 0 Å². The molecule has 0 saturated heterocycles. The van der Waals surface area contributed by atoms with Crippen LogP contribution in [0.15, 0.2) is 72.8 Å². The van der Waals surface area contributed by atoms with E-state index in [-0.39, 0.29) is 42.4 Å². The van der Waals surface area contributed by atoms with Crippen LogP contribution < -0.4 is 21.0 Å². The van der Waals surface area contributed by atoms with Gasteiger partial charge >= 0.3 is 7.75 Å². The number of anilines is 1. The van der Waals surface area contributed by atoms with Crippen LogP contribution in [0.5, 0.6) is 0 Å². The predicted octanol–water partition coefficient (Wildman–Crippen LogP) is 6.34. The highest BCUT2D eigenvalue weighted by Gasteiger charge is 2.22. The van der Waals surface area contributed by atoms with Gasteiger partial charge in [-0.25, -0.2) is 10.1 Å². The van der Waals surface area contributed by atoms with Crippen LogP contribution >= 0.6 is 29.3 Å². The molecule has 260 valence electrons. The fourth-order valence-corrected chi connectivity index (χ4v) is 7.70. The molecule has 5 N–H and O–H groups in total. The summed E-state index contributed by atoms with van der Waals surface area (Å²) in [4.78, 5) is 49.1. The number of rotatable bonds is 18. The Kier molecular flexibility index (Phi) is 15.3. The molecule has 0 aromatic heterocycles. The summed E-state index contributed by atoms with van der Waals surface area (Å²) in [5.41, 5.74) is 10.0. The first-order valence-electron chi connectivity index (χ1n) is 16.3. The second kappa shape index (κ2) is 19.6. The zero-order valence-electron chi connectivity index (χ0n) is 27.6. The molecule has 1 aliphatic heterocycles. The van der Waals surface area contributed by atoms with Crippen LogP contribution in [0, 0.1) is 11.8 Å². The number of amides is 3. The van der Waals surface area contributed by atoms with E-state index in [9.17, 15) is 18.9 Å². The van der Waals surface area contributed by atoms with Crippen LogP contribution in [0.1, 0.15) is 83.3 Å². The second-order valence-corrected chi connectivity index (χ2v) is 15.7. The highest BCUT2D eigenvalue weighted by molar-refractivity contribution is 8.76. The second-order valence-electron chi connectivity index (χ2n) is 11.5. The first-order valence-corrected chi connectivity index (χ1v) is 20.3. The zero-order valence-corrected chi connectivity index (χ0v) is 30.1. The normalized spacial score (nSPS) is 13.7. The Labute approximate surface area is 296 Å². The van der Waals surface area contributed by atoms with E-state index in [1.54, 1.807) is 26.5 Å². The monoisotopic (exact) mass is 722 g/mol. The van der Waals surface area contributed by atoms with E-state index in [2.05, 4.69) is 33.9 Å². The number of carbonyl (C=O) groups excluding carboxylic acids is 3. The Hall–Kier alpha value is -3.56. The summed E-state index contributed by atoms with van der Waals surface area (Å²) in [6.45, 7) is 3.68. The van der Waals surface area contributed by atoms with Crippen molar-refractivity contribution < 1.29 is 28.4 Å². The number of benzene rings is 3. The number of hydrogen-bond acceptors (Lipinski definition) is 7. The molecule has 1 aliphatic rings. The molecule has 2 atom stereocenters. The van der Waals surface area contributed by atoms with Gasteiger partial charge in [-0.3, -0.25) is 18.9 Å². The standard InChI is InChI=1S/C36H43N4O6PS2/c1-27(28-14-18-31(19-15-28)36(43)39-22-8-2-3-9-24-46-47(37,44)45)49-48-25-23-38-34(41)20-21-35(42)40-26-32-12-5-4-10-29(32)16-17-30-11-6-7-13-33(30)40/h4-7,10-15,18-19,27H,2-3,8-9,20-26H2,1H3,(H,38,41)(H,39,43)(H3,37,44,45). The molecule has 49 heavy (non-hydrogen) atoms. The summed E-state index contributed by atoms with van der Waals surface area (Å²) in [6.07, 6.45) is 3.31. The molecular weight excluding hydrogens is 680 g/mol. The summed E-state index contributed by atoms with van der Waals surface area (Å²) < 4.78 is 15.5. The van der Waals surface area contributed by atoms with Crippen molar-refractivity contribution >= 4 is 52.7 Å². The van der Waals surface area contributed by atoms with Crippen molar-refractivity contribution in [2.24, 2.45) is 5.50 Å². The Morgan fingerprint density at radius 3 is 2.39 bits per heavy atom. The Bertz CT molecular complexity index is 1690. The lowest BCUT2D eigenvalue weighted by atomic mass is 10.0. The maximum atomic E-state index is 13.4. The number of unbranched alkanes of at least 4 members (excludes halogenated alkanes) is 3. The van der Waals surface area contributed by atoms with Crippen molar-refractivity contribution in [3.63, 3.8) is 0 Å². The minimum Gasteiger partial charge on any atom is -0.355 e. The van der Waals surface area contributed by atoms with E-state index in [0.29, 0.717) is 37.4 Å². The maximum Gasteiger partial charge on any atom is 0.400 e. The van der Waals surface area contributed by atoms with Crippen molar-refractivity contribution in [3.8, 4) is 11.8 Å². The van der Waals surface area contributed by atoms with E-state index in [1.807, 2.05) is 72.8 Å². The predicted molar refractivity (Wildman–Crippen MR) is 198 cm³/mol. The molecule has 0 spiro atoms. The highest BCUT2D eigenvalue weighted by Crippen LogP contribution is 2.37. The Morgan fingerprint density at radius 1 is 0.918 bits per heavy atom. The topological polar surface area (TPSA) is 151 Å². The number of fused-ring (bicyclic) bond motifs is 2. The lowest BCUT2D eigenvalue weighted by Gasteiger charge is -2.26. The SMILES string of the molecule is CC(SSCCNC(=O)CCC(=O)N1Cc2ccccc2C#Cc2ccccc21)c1ccc(C(=O)NCCCCCCOP(N)(=O)O)cc1. The van der Waals surface area contributed by atoms with Crippen molar-refractivity contribution in [2.45, 2.75) is 57.2 Å². The van der Waals surface area contributed by atoms with E-state index < -0.39 is 7.75 Å². The van der Waals surface area contributed by atoms with Crippen LogP contribution in [0.2, 0.25) is 0 Å². The molecule has 3 amide bonds. The molecular formula is C36H43N4O6PS2. The Morgan fingerprint density at radius 2 is 1.61 bits per heavy atom. The zero-order chi connectivity index (χ0) is 35.1. The van der Waals surface area contributed by atoms with Gasteiger partial charge in [0.05, 0.1) is 18.8 Å². The summed E-state index contributed by atoms with van der Waals surface area (Å²) in [7, 11) is -0.545. The summed E-state index contributed by atoms with van der Waals surface area (Å²) in [5.74, 6) is 6.73. The molecule has 13 heteroatoms. The summed E-state index contributed by atoms with van der Waals surface area (Å²) in [5, 5.41) is 6.04. The third-order valence-electron chi connectivity index (χ3n) is 7.73. The number of nitrogens with two attached hydrogens (primary N) is 1. The van der Waals surface area contributed by atoms with Gasteiger partial charge in [-0.1, -0.05) is 88.7 Å². The van der Waals surface area contributed by atoms with E-state index in [1.165, 1.54) is 0 Å². The van der Waals surface area contributed by atoms with Gasteiger partial charge in [-0.2, -0.15) is 0 Å². The van der Waals surface area contributed by atoms with Crippen molar-refractivity contribution in [2.75, 3.05) is 30.3 Å². The molecule has 4 rings (SSSR count). The van der Waals surface area contributed by atoms with E-state index in [0.717, 1.165) is 47.2 Å². The number of nitrogens with zero attached hydrogens (tertiary/aromatic N) is 1. The van der Waals surface area contributed by atoms with Crippen molar-refractivity contribution in [3.05, 3.63) is 101 Å². The van der Waals surface area contributed by atoms with Gasteiger partial charge in [0.1, 0.15) is 0 Å². The molecule has 10 nitrogen and oxygen atoms in total. The number of nitrogens with one attached hydrogen (secondary N) is 2. The van der Waals surface area contributed by atoms with Gasteiger partial charge in [0, 0.05) is 53.6 Å². The van der Waals surface area contributed by atoms with Crippen LogP contribution in [0.4, 0.5) is 5.69 Å². The van der Waals surface area contributed by atoms with Crippen molar-refractivity contribution in [1.29, 1.82) is 0 Å². The van der Waals surface area contributed by atoms with E-state index >= 15 is 0 Å². The van der Waals surface area contributed by atoms with Crippen LogP contribution in [0.3, 0.4) is 0 Å². The minimum absolute atomic E-state index is 0.103. The Balaban J connectivity index is 1.10. The van der Waals surface area contributed by atoms with E-state index in [4.69, 9.17) is 10.4 Å². The van der Waals surface area contributed by atoms with Gasteiger partial charge in [0.25, 0.3) is 5.91 Å². The molecule has 0 radical (unpaired) electrons. The number of hydrogen-bond donors (Lipinski definition) is 4. The average Bonchev–Trinajstić information content (AvgIpc) is 3.08. The molecule has 0 aliphatic carbocycles. The van der Waals surface area contributed by atoms with Crippen LogP contribution in [-0.4, -0.2) is 48.1 Å². The lowest BCUT2D eigenvalue weighted by Crippen LogP contribution is -2.33. The van der Waals surface area contributed by atoms with Gasteiger partial charge in [0.2, 0.25) is 11.8 Å². The highest BCUT2D eigenvalue weighted by atomic mass is 33.1. The summed E-state index contributed by atoms with van der Waals surface area (Å²) in [6, 6.07) is 23.0. The number of para-hydroxylation sites is 1. The molecule has 3 aromatic carbocycles. The smallest absolute Gasteiger partial charge is 0.355 e. The van der Waals surface area contributed by atoms with Gasteiger partial charge in [-0.05, 0) is 61.2 Å². The molecule has 0 saturated carbocycles. The lowest BCUT2D eigenvalue weighted by molar-refractivity contribution is -0.125. The van der Waals surface area contributed by atoms with Crippen LogP contribution in [0.25, 0.3) is 0 Å². The van der Waals surface area contributed by atoms with Gasteiger partial charge < -0.3 is 20.4 Å². The fraction of sp³-hybridized carbons (Fsp3) is 0.361. The van der Waals surface area contributed by atoms with Gasteiger partial charge in [0.15, 0.2) is 0 Å². The van der Waals surface area contributed by atoms with Crippen molar-refractivity contribution in [1.82, 2.24) is 10.6 Å². The average molecular weight is 723 g/mol. The largest absolute Gasteiger partial charge is 0.400 e. The first kappa shape index (κ1) is 38.2. The third-order valence-corrected chi connectivity index (χ3v) is 11.1. The molecule has 2 unspecified atom stereocenters. The molecule has 0 bridgehead atoms. The molecule has 3 aromatic rings. The molecule has 0 fully saturated rings. The fourth-order valence-electron chi connectivity index (χ4n) is 5.07. The summed E-state index contributed by atoms with van der Waals surface area (Å²) >= 11 is 0. The molecule has 1 heterocycles. The quantitative estimate of drug-likeness (QED) is 0.0511. The van der Waals surface area contributed by atoms with Crippen LogP contribution in [-0.2, 0) is 25.2 Å². The maximum absolute atomic E-state index is 13.4. The first-order chi connectivity index (χ1) is 23.6. The number of carbonyl (C=O) groups is 3. The third kappa shape index (κ3) is 13.0.